The fraction of sp³-hybridized carbons (Fsp3) is 0.786. The third-order valence-electron chi connectivity index (χ3n) is 4.22. The first-order chi connectivity index (χ1) is 8.73. The van der Waals surface area contributed by atoms with Crippen molar-refractivity contribution in [2.45, 2.75) is 39.2 Å². The maximum atomic E-state index is 9.18. The van der Waals surface area contributed by atoms with E-state index in [4.69, 9.17) is 0 Å². The molecule has 0 unspecified atom stereocenters. The molecule has 0 radical (unpaired) electrons. The van der Waals surface area contributed by atoms with Crippen LogP contribution >= 0.6 is 0 Å². The molecule has 1 aliphatic rings. The molecule has 1 aliphatic heterocycles. The van der Waals surface area contributed by atoms with E-state index in [1.54, 1.807) is 0 Å². The maximum absolute atomic E-state index is 9.18. The summed E-state index contributed by atoms with van der Waals surface area (Å²) in [5, 5.41) is 9.18. The number of quaternary nitrogens is 1. The molecule has 0 atom stereocenters. The van der Waals surface area contributed by atoms with Crippen molar-refractivity contribution < 1.29 is 9.67 Å². The molecular formula is C14H27N3O+2. The number of hydrogen-bond acceptors (Lipinski definition) is 1. The van der Waals surface area contributed by atoms with Gasteiger partial charge < -0.3 is 5.11 Å². The van der Waals surface area contributed by atoms with Crippen LogP contribution in [-0.4, -0.2) is 35.9 Å². The number of aryl methyl sites for hydroxylation is 2. The van der Waals surface area contributed by atoms with Gasteiger partial charge in [-0.05, 0) is 26.2 Å². The molecule has 0 bridgehead atoms. The molecule has 1 N–H and O–H groups in total. The monoisotopic (exact) mass is 253 g/mol. The van der Waals surface area contributed by atoms with Crippen molar-refractivity contribution >= 4 is 5.95 Å². The summed E-state index contributed by atoms with van der Waals surface area (Å²) in [6.45, 7) is 7.03. The first-order valence-electron chi connectivity index (χ1n) is 7.26. The fourth-order valence-corrected chi connectivity index (χ4v) is 3.38. The van der Waals surface area contributed by atoms with E-state index in [0.717, 1.165) is 24.0 Å². The Hall–Kier alpha value is -0.870. The molecule has 0 spiro atoms. The van der Waals surface area contributed by atoms with E-state index in [1.807, 2.05) is 0 Å². The Balaban J connectivity index is 2.34. The average Bonchev–Trinajstić information content (AvgIpc) is 2.79. The van der Waals surface area contributed by atoms with Crippen LogP contribution in [0.4, 0.5) is 5.95 Å². The minimum absolute atomic E-state index is 0.302. The lowest BCUT2D eigenvalue weighted by molar-refractivity contribution is -0.664. The van der Waals surface area contributed by atoms with Crippen molar-refractivity contribution in [1.82, 2.24) is 9.05 Å². The molecule has 18 heavy (non-hydrogen) atoms. The summed E-state index contributed by atoms with van der Waals surface area (Å²) in [5.74, 6) is 1.41. The normalized spacial score (nSPS) is 19.1. The van der Waals surface area contributed by atoms with Gasteiger partial charge in [0.25, 0.3) is 0 Å². The van der Waals surface area contributed by atoms with Crippen molar-refractivity contribution in [1.29, 1.82) is 0 Å². The molecule has 0 saturated carbocycles. The second-order valence-electron chi connectivity index (χ2n) is 5.45. The van der Waals surface area contributed by atoms with Crippen LogP contribution in [0.25, 0.3) is 0 Å². The number of likely N-dealkylation sites (tertiary alicyclic amines) is 1. The van der Waals surface area contributed by atoms with Crippen LogP contribution in [0.1, 0.15) is 32.6 Å². The highest BCUT2D eigenvalue weighted by molar-refractivity contribution is 5.21. The zero-order chi connectivity index (χ0) is 13.0. The van der Waals surface area contributed by atoms with Crippen LogP contribution in [0.2, 0.25) is 0 Å². The number of nitrogens with zero attached hydrogens (tertiary/aromatic N) is 3. The Morgan fingerprint density at radius 2 is 2.06 bits per heavy atom. The first-order valence-corrected chi connectivity index (χ1v) is 7.26. The Bertz CT molecular complexity index is 380. The molecule has 1 aromatic rings. The lowest BCUT2D eigenvalue weighted by atomic mass is 10.1. The highest BCUT2D eigenvalue weighted by Crippen LogP contribution is 2.26. The third kappa shape index (κ3) is 2.45. The molecule has 2 heterocycles. The number of rotatable bonds is 5. The van der Waals surface area contributed by atoms with E-state index < -0.39 is 0 Å². The molecule has 1 saturated heterocycles. The number of imidazole rings is 1. The van der Waals surface area contributed by atoms with Crippen LogP contribution in [0.3, 0.4) is 0 Å². The predicted octanol–water partition coefficient (Wildman–Crippen LogP) is 1.21. The highest BCUT2D eigenvalue weighted by atomic mass is 16.3. The average molecular weight is 253 g/mol. The van der Waals surface area contributed by atoms with E-state index in [1.165, 1.54) is 38.3 Å². The molecule has 1 aromatic heterocycles. The molecule has 2 rings (SSSR count). The molecule has 0 aliphatic carbocycles. The summed E-state index contributed by atoms with van der Waals surface area (Å²) in [6, 6.07) is 0. The predicted molar refractivity (Wildman–Crippen MR) is 73.2 cm³/mol. The highest BCUT2D eigenvalue weighted by Gasteiger charge is 2.41. The minimum Gasteiger partial charge on any atom is -0.396 e. The van der Waals surface area contributed by atoms with Gasteiger partial charge in [-0.25, -0.2) is 4.48 Å². The topological polar surface area (TPSA) is 29.0 Å². The summed E-state index contributed by atoms with van der Waals surface area (Å²) in [7, 11) is 2.15. The minimum atomic E-state index is 0.302. The van der Waals surface area contributed by atoms with Crippen LogP contribution in [0.15, 0.2) is 12.4 Å². The number of aliphatic hydroxyl groups excluding tert-OH is 1. The molecule has 4 heteroatoms. The van der Waals surface area contributed by atoms with Gasteiger partial charge in [0, 0.05) is 13.0 Å². The van der Waals surface area contributed by atoms with Gasteiger partial charge in [-0.3, -0.25) is 0 Å². The Labute approximate surface area is 110 Å². The lowest BCUT2D eigenvalue weighted by Gasteiger charge is -2.37. The van der Waals surface area contributed by atoms with Gasteiger partial charge in [-0.2, -0.15) is 9.13 Å². The van der Waals surface area contributed by atoms with Gasteiger partial charge in [0.15, 0.2) is 0 Å². The van der Waals surface area contributed by atoms with E-state index in [2.05, 4.69) is 35.5 Å². The molecule has 0 aromatic carbocycles. The molecule has 102 valence electrons. The first kappa shape index (κ1) is 13.6. The summed E-state index contributed by atoms with van der Waals surface area (Å²) in [4.78, 5) is 0. The van der Waals surface area contributed by atoms with Crippen molar-refractivity contribution in [3.8, 4) is 0 Å². The van der Waals surface area contributed by atoms with Crippen molar-refractivity contribution in [3.63, 3.8) is 0 Å². The van der Waals surface area contributed by atoms with Crippen LogP contribution in [0.5, 0.6) is 0 Å². The second kappa shape index (κ2) is 5.85. The summed E-state index contributed by atoms with van der Waals surface area (Å²) in [5.41, 5.74) is 0. The van der Waals surface area contributed by atoms with E-state index in [0.29, 0.717) is 6.61 Å². The molecule has 1 fully saturated rings. The van der Waals surface area contributed by atoms with Gasteiger partial charge in [0.1, 0.15) is 12.4 Å². The molecular weight excluding hydrogens is 226 g/mol. The van der Waals surface area contributed by atoms with Crippen LogP contribution in [-0.2, 0) is 13.6 Å². The summed E-state index contributed by atoms with van der Waals surface area (Å²) >= 11 is 0. The second-order valence-corrected chi connectivity index (χ2v) is 5.45. The van der Waals surface area contributed by atoms with Crippen molar-refractivity contribution in [3.05, 3.63) is 12.4 Å². The lowest BCUT2D eigenvalue weighted by Crippen LogP contribution is -2.59. The van der Waals surface area contributed by atoms with Gasteiger partial charge in [0.2, 0.25) is 0 Å². The number of hydrogen-bond donors (Lipinski definition) is 1. The van der Waals surface area contributed by atoms with E-state index in [9.17, 15) is 5.11 Å². The smallest absolute Gasteiger partial charge is 0.396 e. The maximum Gasteiger partial charge on any atom is 0.455 e. The number of piperidine rings is 1. The summed E-state index contributed by atoms with van der Waals surface area (Å²) < 4.78 is 5.69. The van der Waals surface area contributed by atoms with Gasteiger partial charge >= 0.3 is 5.95 Å². The zero-order valence-corrected chi connectivity index (χ0v) is 11.8. The van der Waals surface area contributed by atoms with Crippen LogP contribution in [0, 0.1) is 0 Å². The SMILES string of the molecule is CCn1cc[n+](C)c1[N+]1(CCCO)CCCCC1. The quantitative estimate of drug-likeness (QED) is 0.620. The van der Waals surface area contributed by atoms with Gasteiger partial charge in [0.05, 0.1) is 33.2 Å². The Morgan fingerprint density at radius 3 is 2.67 bits per heavy atom. The molecule has 0 amide bonds. The van der Waals surface area contributed by atoms with Crippen molar-refractivity contribution in [2.24, 2.45) is 7.05 Å². The zero-order valence-electron chi connectivity index (χ0n) is 11.8. The Morgan fingerprint density at radius 1 is 1.33 bits per heavy atom. The van der Waals surface area contributed by atoms with Gasteiger partial charge in [-0.15, -0.1) is 0 Å². The van der Waals surface area contributed by atoms with E-state index in [-0.39, 0.29) is 0 Å². The molecule has 4 nitrogen and oxygen atoms in total. The van der Waals surface area contributed by atoms with E-state index >= 15 is 0 Å². The largest absolute Gasteiger partial charge is 0.455 e. The Kier molecular flexibility index (Phi) is 4.40. The fourth-order valence-electron chi connectivity index (χ4n) is 3.38. The van der Waals surface area contributed by atoms with Crippen LogP contribution < -0.4 is 9.05 Å². The summed E-state index contributed by atoms with van der Waals surface area (Å²) in [6.07, 6.45) is 9.21. The third-order valence-corrected chi connectivity index (χ3v) is 4.22. The number of aliphatic hydroxyl groups is 1. The van der Waals surface area contributed by atoms with Crippen molar-refractivity contribution in [2.75, 3.05) is 26.2 Å². The van der Waals surface area contributed by atoms with Gasteiger partial charge in [-0.1, -0.05) is 0 Å². The standard InChI is InChI=1S/C14H27N3O/c1-3-16-9-8-15(2)14(16)17(12-7-13-18)10-5-4-6-11-17/h8-9,18H,3-7,10-13H2,1-2H3/q+2. The number of aromatic nitrogens is 2.